The summed E-state index contributed by atoms with van der Waals surface area (Å²) < 4.78 is 10.4. The van der Waals surface area contributed by atoms with Gasteiger partial charge in [0.15, 0.2) is 11.5 Å². The van der Waals surface area contributed by atoms with Crippen LogP contribution in [0, 0.1) is 0 Å². The van der Waals surface area contributed by atoms with Gasteiger partial charge in [-0.3, -0.25) is 9.59 Å². The Bertz CT molecular complexity index is 502. The maximum Gasteiger partial charge on any atom is 0.255 e. The van der Waals surface area contributed by atoms with Gasteiger partial charge < -0.3 is 20.1 Å². The minimum atomic E-state index is -0.625. The third-order valence-electron chi connectivity index (χ3n) is 2.94. The van der Waals surface area contributed by atoms with E-state index in [1.165, 1.54) is 14.2 Å². The highest BCUT2D eigenvalue weighted by Gasteiger charge is 2.20. The molecule has 116 valence electrons. The Labute approximate surface area is 124 Å². The fourth-order valence-corrected chi connectivity index (χ4v) is 1.81. The summed E-state index contributed by atoms with van der Waals surface area (Å²) in [7, 11) is 2.96. The molecule has 2 amide bonds. The minimum Gasteiger partial charge on any atom is -0.493 e. The number of ether oxygens (including phenoxy) is 2. The molecule has 21 heavy (non-hydrogen) atoms. The van der Waals surface area contributed by atoms with Gasteiger partial charge >= 0.3 is 0 Å². The number of para-hydroxylation sites is 1. The number of amides is 2. The van der Waals surface area contributed by atoms with Crippen LogP contribution in [0.1, 0.15) is 30.6 Å². The predicted octanol–water partition coefficient (Wildman–Crippen LogP) is 1.35. The van der Waals surface area contributed by atoms with E-state index in [4.69, 9.17) is 9.47 Å². The van der Waals surface area contributed by atoms with Crippen LogP contribution in [-0.2, 0) is 4.79 Å². The molecule has 0 saturated carbocycles. The highest BCUT2D eigenvalue weighted by atomic mass is 16.5. The number of nitrogens with one attached hydrogen (secondary N) is 2. The lowest BCUT2D eigenvalue weighted by atomic mass is 10.1. The standard InChI is InChI=1S/C15H22N2O4/c1-5-9-16-14(18)10(2)17-15(19)11-7-6-8-12(20-3)13(11)21-4/h6-8,10H,5,9H2,1-4H3,(H,16,18)(H,17,19). The summed E-state index contributed by atoms with van der Waals surface area (Å²) in [6.45, 7) is 4.18. The molecule has 1 aromatic carbocycles. The Kier molecular flexibility index (Phi) is 6.52. The van der Waals surface area contributed by atoms with Crippen molar-refractivity contribution >= 4 is 11.8 Å². The summed E-state index contributed by atoms with van der Waals surface area (Å²) >= 11 is 0. The maximum atomic E-state index is 12.3. The Morgan fingerprint density at radius 3 is 2.52 bits per heavy atom. The molecule has 1 unspecified atom stereocenters. The lowest BCUT2D eigenvalue weighted by Crippen LogP contribution is -2.45. The molecule has 0 aromatic heterocycles. The average molecular weight is 294 g/mol. The number of hydrogen-bond donors (Lipinski definition) is 2. The number of methoxy groups -OCH3 is 2. The lowest BCUT2D eigenvalue weighted by molar-refractivity contribution is -0.122. The molecular formula is C15H22N2O4. The van der Waals surface area contributed by atoms with Crippen LogP contribution in [0.5, 0.6) is 11.5 Å². The molecule has 0 spiro atoms. The first kappa shape index (κ1) is 16.8. The number of rotatable bonds is 7. The summed E-state index contributed by atoms with van der Waals surface area (Å²) in [4.78, 5) is 24.0. The van der Waals surface area contributed by atoms with Crippen LogP contribution in [-0.4, -0.2) is 38.6 Å². The smallest absolute Gasteiger partial charge is 0.255 e. The Balaban J connectivity index is 2.82. The monoisotopic (exact) mass is 294 g/mol. The van der Waals surface area contributed by atoms with Crippen LogP contribution in [0.15, 0.2) is 18.2 Å². The minimum absolute atomic E-state index is 0.216. The zero-order valence-corrected chi connectivity index (χ0v) is 12.9. The number of carbonyl (C=O) groups excluding carboxylic acids is 2. The summed E-state index contributed by atoms with van der Waals surface area (Å²) in [5.41, 5.74) is 0.326. The zero-order chi connectivity index (χ0) is 15.8. The van der Waals surface area contributed by atoms with Crippen LogP contribution >= 0.6 is 0 Å². The first-order chi connectivity index (χ1) is 10.0. The molecule has 0 radical (unpaired) electrons. The highest BCUT2D eigenvalue weighted by Crippen LogP contribution is 2.30. The van der Waals surface area contributed by atoms with Crippen LogP contribution in [0.4, 0.5) is 0 Å². The molecular weight excluding hydrogens is 272 g/mol. The van der Waals surface area contributed by atoms with E-state index in [1.54, 1.807) is 25.1 Å². The molecule has 6 heteroatoms. The van der Waals surface area contributed by atoms with Gasteiger partial charge in [-0.05, 0) is 25.5 Å². The van der Waals surface area contributed by atoms with E-state index in [9.17, 15) is 9.59 Å². The van der Waals surface area contributed by atoms with Crippen molar-refractivity contribution in [3.05, 3.63) is 23.8 Å². The second-order valence-electron chi connectivity index (χ2n) is 4.53. The third kappa shape index (κ3) is 4.37. The van der Waals surface area contributed by atoms with Crippen molar-refractivity contribution in [1.82, 2.24) is 10.6 Å². The van der Waals surface area contributed by atoms with Gasteiger partial charge in [0.2, 0.25) is 5.91 Å². The van der Waals surface area contributed by atoms with Gasteiger partial charge in [0, 0.05) is 6.54 Å². The molecule has 0 aliphatic carbocycles. The van der Waals surface area contributed by atoms with Crippen LogP contribution in [0.25, 0.3) is 0 Å². The Morgan fingerprint density at radius 1 is 1.24 bits per heavy atom. The number of benzene rings is 1. The van der Waals surface area contributed by atoms with E-state index in [0.717, 1.165) is 6.42 Å². The molecule has 1 atom stereocenters. The quantitative estimate of drug-likeness (QED) is 0.796. The maximum absolute atomic E-state index is 12.3. The average Bonchev–Trinajstić information content (AvgIpc) is 2.51. The largest absolute Gasteiger partial charge is 0.493 e. The van der Waals surface area contributed by atoms with Gasteiger partial charge in [0.1, 0.15) is 6.04 Å². The fraction of sp³-hybridized carbons (Fsp3) is 0.467. The van der Waals surface area contributed by atoms with Crippen LogP contribution < -0.4 is 20.1 Å². The summed E-state index contributed by atoms with van der Waals surface area (Å²) in [6.07, 6.45) is 0.843. The highest BCUT2D eigenvalue weighted by molar-refractivity contribution is 6.00. The topological polar surface area (TPSA) is 76.7 Å². The van der Waals surface area contributed by atoms with Gasteiger partial charge in [0.05, 0.1) is 19.8 Å². The van der Waals surface area contributed by atoms with Crippen molar-refractivity contribution in [1.29, 1.82) is 0 Å². The summed E-state index contributed by atoms with van der Waals surface area (Å²) in [5.74, 6) is 0.212. The number of carbonyl (C=O) groups is 2. The van der Waals surface area contributed by atoms with Crippen molar-refractivity contribution in [2.75, 3.05) is 20.8 Å². The van der Waals surface area contributed by atoms with Crippen molar-refractivity contribution in [3.8, 4) is 11.5 Å². The Hall–Kier alpha value is -2.24. The molecule has 0 fully saturated rings. The van der Waals surface area contributed by atoms with Gasteiger partial charge in [-0.15, -0.1) is 0 Å². The van der Waals surface area contributed by atoms with Crippen molar-refractivity contribution in [2.24, 2.45) is 0 Å². The van der Waals surface area contributed by atoms with Gasteiger partial charge in [0.25, 0.3) is 5.91 Å². The molecule has 0 aliphatic heterocycles. The normalized spacial score (nSPS) is 11.4. The van der Waals surface area contributed by atoms with Crippen molar-refractivity contribution in [3.63, 3.8) is 0 Å². The molecule has 0 bridgehead atoms. The SMILES string of the molecule is CCCNC(=O)C(C)NC(=O)c1cccc(OC)c1OC. The van der Waals surface area contributed by atoms with E-state index in [1.807, 2.05) is 6.92 Å². The summed E-state index contributed by atoms with van der Waals surface area (Å²) in [6, 6.07) is 4.39. The van der Waals surface area contributed by atoms with Gasteiger partial charge in [-0.2, -0.15) is 0 Å². The molecule has 1 aromatic rings. The Morgan fingerprint density at radius 2 is 1.95 bits per heavy atom. The van der Waals surface area contributed by atoms with E-state index in [-0.39, 0.29) is 11.8 Å². The van der Waals surface area contributed by atoms with Gasteiger partial charge in [-0.1, -0.05) is 13.0 Å². The first-order valence-corrected chi connectivity index (χ1v) is 6.84. The summed E-state index contributed by atoms with van der Waals surface area (Å²) in [5, 5.41) is 5.37. The molecule has 0 aliphatic rings. The van der Waals surface area contributed by atoms with Crippen molar-refractivity contribution < 1.29 is 19.1 Å². The number of hydrogen-bond acceptors (Lipinski definition) is 4. The van der Waals surface area contributed by atoms with E-state index >= 15 is 0 Å². The molecule has 0 saturated heterocycles. The van der Waals surface area contributed by atoms with Crippen molar-refractivity contribution in [2.45, 2.75) is 26.3 Å². The fourth-order valence-electron chi connectivity index (χ4n) is 1.81. The van der Waals surface area contributed by atoms with Crippen LogP contribution in [0.2, 0.25) is 0 Å². The molecule has 2 N–H and O–H groups in total. The van der Waals surface area contributed by atoms with E-state index < -0.39 is 6.04 Å². The zero-order valence-electron chi connectivity index (χ0n) is 12.9. The third-order valence-corrected chi connectivity index (χ3v) is 2.94. The van der Waals surface area contributed by atoms with Crippen LogP contribution in [0.3, 0.4) is 0 Å². The second kappa shape index (κ2) is 8.14. The molecule has 1 rings (SSSR count). The molecule has 6 nitrogen and oxygen atoms in total. The second-order valence-corrected chi connectivity index (χ2v) is 4.53. The molecule has 0 heterocycles. The van der Waals surface area contributed by atoms with E-state index in [2.05, 4.69) is 10.6 Å². The van der Waals surface area contributed by atoms with Gasteiger partial charge in [-0.25, -0.2) is 0 Å². The van der Waals surface area contributed by atoms with E-state index in [0.29, 0.717) is 23.6 Å². The first-order valence-electron chi connectivity index (χ1n) is 6.84. The lowest BCUT2D eigenvalue weighted by Gasteiger charge is -2.16. The predicted molar refractivity (Wildman–Crippen MR) is 79.8 cm³/mol.